The lowest BCUT2D eigenvalue weighted by Gasteiger charge is -2.37. The predicted molar refractivity (Wildman–Crippen MR) is 65.1 cm³/mol. The minimum Gasteiger partial charge on any atom is -0.545 e. The van der Waals surface area contributed by atoms with Crippen molar-refractivity contribution in [1.29, 1.82) is 0 Å². The van der Waals surface area contributed by atoms with E-state index in [0.717, 1.165) is 0 Å². The zero-order valence-electron chi connectivity index (χ0n) is 10.9. The van der Waals surface area contributed by atoms with Gasteiger partial charge in [-0.2, -0.15) is 0 Å². The maximum absolute atomic E-state index is 12.0. The summed E-state index contributed by atoms with van der Waals surface area (Å²) in [7, 11) is 0. The lowest BCUT2D eigenvalue weighted by atomic mass is 9.74. The van der Waals surface area contributed by atoms with E-state index in [-0.39, 0.29) is 35.3 Å². The van der Waals surface area contributed by atoms with Gasteiger partial charge < -0.3 is 30.0 Å². The van der Waals surface area contributed by atoms with Crippen molar-refractivity contribution in [1.82, 2.24) is 0 Å². The third-order valence-corrected chi connectivity index (χ3v) is 4.16. The first kappa shape index (κ1) is 14.2. The summed E-state index contributed by atoms with van der Waals surface area (Å²) < 4.78 is 5.33. The normalized spacial score (nSPS) is 35.0. The average molecular weight is 293 g/mol. The van der Waals surface area contributed by atoms with Crippen molar-refractivity contribution in [3.05, 3.63) is 34.9 Å². The molecule has 1 aromatic rings. The molecule has 4 atom stereocenters. The molecule has 3 N–H and O–H groups in total. The maximum Gasteiger partial charge on any atom is 0.184 e. The van der Waals surface area contributed by atoms with Gasteiger partial charge in [0.25, 0.3) is 0 Å². The van der Waals surface area contributed by atoms with Gasteiger partial charge in [0.05, 0.1) is 5.97 Å². The van der Waals surface area contributed by atoms with Crippen molar-refractivity contribution in [2.75, 3.05) is 0 Å². The van der Waals surface area contributed by atoms with Gasteiger partial charge in [-0.3, -0.25) is 4.79 Å². The molecule has 112 valence electrons. The SMILES string of the molecule is O=C([O-])c1ccc2c(c1)C(=O)CC[C@@]21OC(O)[C@H](O)[C@@H]1O. The van der Waals surface area contributed by atoms with Crippen molar-refractivity contribution in [3.63, 3.8) is 0 Å². The van der Waals surface area contributed by atoms with Crippen LogP contribution in [0.2, 0.25) is 0 Å². The standard InChI is InChI=1S/C14H14O7/c15-9-3-4-14(11(17)10(16)13(20)21-14)8-2-1-6(12(18)19)5-7(8)9/h1-2,5,10-11,13,16-17,20H,3-4H2,(H,18,19)/p-1/t10-,11+,13?,14-/m1/s1. The van der Waals surface area contributed by atoms with Crippen LogP contribution in [0.1, 0.15) is 39.1 Å². The number of Topliss-reactive ketones (excluding diaryl/α,β-unsaturated/α-hetero) is 1. The van der Waals surface area contributed by atoms with E-state index in [1.165, 1.54) is 18.2 Å². The molecule has 0 saturated carbocycles. The van der Waals surface area contributed by atoms with Crippen LogP contribution in [-0.4, -0.2) is 45.6 Å². The largest absolute Gasteiger partial charge is 0.545 e. The molecule has 7 nitrogen and oxygen atoms in total. The first-order valence-corrected chi connectivity index (χ1v) is 6.48. The summed E-state index contributed by atoms with van der Waals surface area (Å²) in [5.74, 6) is -1.71. The summed E-state index contributed by atoms with van der Waals surface area (Å²) in [6, 6.07) is 3.76. The Balaban J connectivity index is 2.16. The number of hydrogen-bond donors (Lipinski definition) is 3. The number of aromatic carboxylic acids is 1. The molecule has 0 radical (unpaired) electrons. The van der Waals surface area contributed by atoms with E-state index in [1.54, 1.807) is 0 Å². The number of rotatable bonds is 1. The molecule has 2 aliphatic rings. The number of aliphatic hydroxyl groups is 3. The average Bonchev–Trinajstić information content (AvgIpc) is 2.68. The topological polar surface area (TPSA) is 127 Å². The fourth-order valence-corrected chi connectivity index (χ4v) is 3.06. The van der Waals surface area contributed by atoms with Gasteiger partial charge in [-0.25, -0.2) is 0 Å². The molecule has 3 rings (SSSR count). The highest BCUT2D eigenvalue weighted by Crippen LogP contribution is 2.47. The minimum absolute atomic E-state index is 0.0139. The number of carbonyl (C=O) groups excluding carboxylic acids is 2. The van der Waals surface area contributed by atoms with Crippen molar-refractivity contribution in [2.24, 2.45) is 0 Å². The number of carboxylic acids is 1. The molecular weight excluding hydrogens is 280 g/mol. The summed E-state index contributed by atoms with van der Waals surface area (Å²) in [5, 5.41) is 40.4. The summed E-state index contributed by atoms with van der Waals surface area (Å²) in [5.41, 5.74) is -1.20. The second-order valence-electron chi connectivity index (χ2n) is 5.30. The zero-order chi connectivity index (χ0) is 15.4. The van der Waals surface area contributed by atoms with E-state index in [2.05, 4.69) is 0 Å². The van der Waals surface area contributed by atoms with Crippen molar-refractivity contribution >= 4 is 11.8 Å². The fraction of sp³-hybridized carbons (Fsp3) is 0.429. The summed E-state index contributed by atoms with van der Waals surface area (Å²) in [6.07, 6.45) is -4.36. The minimum atomic E-state index is -1.57. The van der Waals surface area contributed by atoms with Gasteiger partial charge in [0.2, 0.25) is 0 Å². The molecule has 1 spiro atoms. The fourth-order valence-electron chi connectivity index (χ4n) is 3.06. The van der Waals surface area contributed by atoms with Crippen LogP contribution < -0.4 is 5.11 Å². The van der Waals surface area contributed by atoms with Crippen LogP contribution in [0.3, 0.4) is 0 Å². The van der Waals surface area contributed by atoms with E-state index in [9.17, 15) is 30.0 Å². The molecule has 1 aliphatic carbocycles. The maximum atomic E-state index is 12.0. The third-order valence-electron chi connectivity index (χ3n) is 4.16. The summed E-state index contributed by atoms with van der Waals surface area (Å²) in [6.45, 7) is 0. The van der Waals surface area contributed by atoms with Gasteiger partial charge >= 0.3 is 0 Å². The molecule has 0 amide bonds. The highest BCUT2D eigenvalue weighted by atomic mass is 16.7. The number of carbonyl (C=O) groups is 2. The van der Waals surface area contributed by atoms with E-state index in [0.29, 0.717) is 0 Å². The Hall–Kier alpha value is -1.80. The number of aliphatic hydroxyl groups excluding tert-OH is 3. The van der Waals surface area contributed by atoms with Crippen molar-refractivity contribution in [3.8, 4) is 0 Å². The van der Waals surface area contributed by atoms with Crippen LogP contribution in [-0.2, 0) is 10.3 Å². The van der Waals surface area contributed by atoms with E-state index in [1.807, 2.05) is 0 Å². The number of hydrogen-bond acceptors (Lipinski definition) is 7. The molecule has 7 heteroatoms. The Morgan fingerprint density at radius 2 is 2.05 bits per heavy atom. The van der Waals surface area contributed by atoms with Gasteiger partial charge in [0.1, 0.15) is 17.8 Å². The number of ketones is 1. The van der Waals surface area contributed by atoms with Crippen LogP contribution in [0.25, 0.3) is 0 Å². The number of carboxylic acid groups (broad SMARTS) is 1. The van der Waals surface area contributed by atoms with Gasteiger partial charge in [-0.15, -0.1) is 0 Å². The van der Waals surface area contributed by atoms with Crippen LogP contribution >= 0.6 is 0 Å². The number of benzene rings is 1. The van der Waals surface area contributed by atoms with Gasteiger partial charge in [-0.05, 0) is 23.6 Å². The van der Waals surface area contributed by atoms with E-state index in [4.69, 9.17) is 4.74 Å². The molecule has 0 bridgehead atoms. The Kier molecular flexibility index (Phi) is 3.10. The monoisotopic (exact) mass is 293 g/mol. The molecular formula is C14H13O7-. The number of fused-ring (bicyclic) bond motifs is 2. The Labute approximate surface area is 119 Å². The van der Waals surface area contributed by atoms with Gasteiger partial charge in [0.15, 0.2) is 12.1 Å². The lowest BCUT2D eigenvalue weighted by molar-refractivity contribution is -0.255. The second-order valence-corrected chi connectivity index (χ2v) is 5.30. The Morgan fingerprint density at radius 1 is 1.33 bits per heavy atom. The number of ether oxygens (including phenoxy) is 1. The third kappa shape index (κ3) is 1.90. The van der Waals surface area contributed by atoms with E-state index >= 15 is 0 Å². The Morgan fingerprint density at radius 3 is 2.62 bits per heavy atom. The second kappa shape index (κ2) is 4.60. The first-order chi connectivity index (χ1) is 9.86. The summed E-state index contributed by atoms with van der Waals surface area (Å²) >= 11 is 0. The van der Waals surface area contributed by atoms with Gasteiger partial charge in [0, 0.05) is 12.0 Å². The van der Waals surface area contributed by atoms with Crippen molar-refractivity contribution in [2.45, 2.75) is 36.9 Å². The molecule has 21 heavy (non-hydrogen) atoms. The summed E-state index contributed by atoms with van der Waals surface area (Å²) in [4.78, 5) is 22.9. The van der Waals surface area contributed by atoms with Crippen molar-refractivity contribution < 1.29 is 34.8 Å². The van der Waals surface area contributed by atoms with E-state index < -0.39 is 30.1 Å². The van der Waals surface area contributed by atoms with Crippen LogP contribution in [0.4, 0.5) is 0 Å². The molecule has 1 heterocycles. The quantitative estimate of drug-likeness (QED) is 0.562. The molecule has 1 aromatic carbocycles. The van der Waals surface area contributed by atoms with Crippen LogP contribution in [0.5, 0.6) is 0 Å². The molecule has 1 aliphatic heterocycles. The molecule has 0 aromatic heterocycles. The lowest BCUT2D eigenvalue weighted by Crippen LogP contribution is -2.44. The molecule has 1 fully saturated rings. The molecule has 1 saturated heterocycles. The highest BCUT2D eigenvalue weighted by molar-refractivity contribution is 6.01. The smallest absolute Gasteiger partial charge is 0.184 e. The van der Waals surface area contributed by atoms with Gasteiger partial charge in [-0.1, -0.05) is 12.1 Å². The zero-order valence-corrected chi connectivity index (χ0v) is 10.9. The molecule has 1 unspecified atom stereocenters. The predicted octanol–water partition coefficient (Wildman–Crippen LogP) is -1.71. The highest BCUT2D eigenvalue weighted by Gasteiger charge is 2.57. The van der Waals surface area contributed by atoms with Crippen LogP contribution in [0, 0.1) is 0 Å². The van der Waals surface area contributed by atoms with Crippen LogP contribution in [0.15, 0.2) is 18.2 Å². The Bertz CT molecular complexity index is 626. The first-order valence-electron chi connectivity index (χ1n) is 6.48.